The largest absolute Gasteiger partial charge is 0.451 e. The molecule has 0 aliphatic carbocycles. The first-order valence-electron chi connectivity index (χ1n) is 9.33. The molecule has 0 bridgehead atoms. The summed E-state index contributed by atoms with van der Waals surface area (Å²) in [7, 11) is 0. The monoisotopic (exact) mass is 415 g/mol. The lowest BCUT2D eigenvalue weighted by Gasteiger charge is -2.12. The first-order valence-corrected chi connectivity index (χ1v) is 9.33. The molecule has 0 unspecified atom stereocenters. The Labute approximate surface area is 173 Å². The van der Waals surface area contributed by atoms with Gasteiger partial charge in [-0.2, -0.15) is 5.26 Å². The lowest BCUT2D eigenvalue weighted by Crippen LogP contribution is -2.22. The van der Waals surface area contributed by atoms with Gasteiger partial charge in [0.15, 0.2) is 6.61 Å². The van der Waals surface area contributed by atoms with Crippen molar-refractivity contribution in [3.05, 3.63) is 58.4 Å². The maximum atomic E-state index is 13.6. The topological polar surface area (TPSA) is 84.1 Å². The zero-order valence-corrected chi connectivity index (χ0v) is 17.3. The van der Waals surface area contributed by atoms with Crippen LogP contribution < -0.4 is 5.32 Å². The summed E-state index contributed by atoms with van der Waals surface area (Å²) in [6.07, 6.45) is 1.41. The molecule has 1 heterocycles. The van der Waals surface area contributed by atoms with Gasteiger partial charge in [0.1, 0.15) is 23.3 Å². The van der Waals surface area contributed by atoms with Gasteiger partial charge in [0.25, 0.3) is 5.91 Å². The molecule has 6 nitrogen and oxygen atoms in total. The number of hydrogen-bond acceptors (Lipinski definition) is 4. The predicted molar refractivity (Wildman–Crippen MR) is 108 cm³/mol. The van der Waals surface area contributed by atoms with Crippen molar-refractivity contribution in [3.63, 3.8) is 0 Å². The number of carbonyl (C=O) groups is 2. The summed E-state index contributed by atoms with van der Waals surface area (Å²) in [5.74, 6) is -2.98. The van der Waals surface area contributed by atoms with Gasteiger partial charge in [-0.05, 0) is 49.6 Å². The van der Waals surface area contributed by atoms with Gasteiger partial charge < -0.3 is 14.6 Å². The zero-order chi connectivity index (χ0) is 22.4. The number of nitriles is 1. The SMILES string of the molecule is Cc1cc(C=C(C#N)C(=O)OCC(=O)Nc2cc(F)ccc2F)c(C)n1CC(C)C. The van der Waals surface area contributed by atoms with Gasteiger partial charge in [-0.25, -0.2) is 13.6 Å². The Morgan fingerprint density at radius 2 is 1.97 bits per heavy atom. The van der Waals surface area contributed by atoms with E-state index in [1.165, 1.54) is 6.08 Å². The summed E-state index contributed by atoms with van der Waals surface area (Å²) in [5.41, 5.74) is 1.96. The summed E-state index contributed by atoms with van der Waals surface area (Å²) in [6, 6.07) is 6.22. The van der Waals surface area contributed by atoms with Crippen LogP contribution in [-0.2, 0) is 20.9 Å². The minimum Gasteiger partial charge on any atom is -0.451 e. The molecule has 158 valence electrons. The highest BCUT2D eigenvalue weighted by Crippen LogP contribution is 2.20. The van der Waals surface area contributed by atoms with Crippen LogP contribution in [0.3, 0.4) is 0 Å². The van der Waals surface area contributed by atoms with Crippen molar-refractivity contribution >= 4 is 23.6 Å². The van der Waals surface area contributed by atoms with Gasteiger partial charge in [-0.15, -0.1) is 0 Å². The van der Waals surface area contributed by atoms with Crippen LogP contribution in [0.4, 0.5) is 14.5 Å². The van der Waals surface area contributed by atoms with E-state index in [1.807, 2.05) is 19.9 Å². The average Bonchev–Trinajstić information content (AvgIpc) is 2.94. The van der Waals surface area contributed by atoms with E-state index in [0.29, 0.717) is 11.5 Å². The highest BCUT2D eigenvalue weighted by molar-refractivity contribution is 6.00. The Hall–Kier alpha value is -3.47. The van der Waals surface area contributed by atoms with Crippen molar-refractivity contribution < 1.29 is 23.1 Å². The molecular formula is C22H23F2N3O3. The highest BCUT2D eigenvalue weighted by Gasteiger charge is 2.16. The number of esters is 1. The fourth-order valence-electron chi connectivity index (χ4n) is 2.90. The van der Waals surface area contributed by atoms with E-state index in [-0.39, 0.29) is 11.3 Å². The van der Waals surface area contributed by atoms with Crippen molar-refractivity contribution in [1.82, 2.24) is 4.57 Å². The summed E-state index contributed by atoms with van der Waals surface area (Å²) < 4.78 is 33.7. The van der Waals surface area contributed by atoms with E-state index in [4.69, 9.17) is 4.74 Å². The van der Waals surface area contributed by atoms with E-state index >= 15 is 0 Å². The number of aryl methyl sites for hydroxylation is 1. The molecule has 0 saturated carbocycles. The molecule has 1 N–H and O–H groups in total. The molecule has 1 amide bonds. The summed E-state index contributed by atoms with van der Waals surface area (Å²) in [6.45, 7) is 8.06. The number of nitrogens with zero attached hydrogens (tertiary/aromatic N) is 2. The molecule has 2 rings (SSSR count). The number of benzene rings is 1. The van der Waals surface area contributed by atoms with Gasteiger partial charge in [-0.1, -0.05) is 13.8 Å². The van der Waals surface area contributed by atoms with Gasteiger partial charge in [0.2, 0.25) is 0 Å². The van der Waals surface area contributed by atoms with E-state index in [9.17, 15) is 23.6 Å². The van der Waals surface area contributed by atoms with Crippen LogP contribution in [0.25, 0.3) is 6.08 Å². The number of amides is 1. The second-order valence-electron chi connectivity index (χ2n) is 7.25. The quantitative estimate of drug-likeness (QED) is 0.419. The number of carbonyl (C=O) groups excluding carboxylic acids is 2. The Kier molecular flexibility index (Phi) is 7.48. The molecule has 0 radical (unpaired) electrons. The summed E-state index contributed by atoms with van der Waals surface area (Å²) in [5, 5.41) is 11.4. The zero-order valence-electron chi connectivity index (χ0n) is 17.3. The van der Waals surface area contributed by atoms with Crippen LogP contribution in [0.2, 0.25) is 0 Å². The Morgan fingerprint density at radius 3 is 2.60 bits per heavy atom. The van der Waals surface area contributed by atoms with Crippen molar-refractivity contribution in [3.8, 4) is 6.07 Å². The normalized spacial score (nSPS) is 11.3. The van der Waals surface area contributed by atoms with Crippen LogP contribution in [-0.4, -0.2) is 23.1 Å². The van der Waals surface area contributed by atoms with Gasteiger partial charge in [-0.3, -0.25) is 4.79 Å². The van der Waals surface area contributed by atoms with E-state index < -0.39 is 30.1 Å². The van der Waals surface area contributed by atoms with Gasteiger partial charge in [0, 0.05) is 24.0 Å². The molecule has 0 aliphatic rings. The van der Waals surface area contributed by atoms with Crippen LogP contribution in [0, 0.1) is 42.7 Å². The lowest BCUT2D eigenvalue weighted by atomic mass is 10.1. The maximum Gasteiger partial charge on any atom is 0.349 e. The average molecular weight is 415 g/mol. The third-order valence-corrected chi connectivity index (χ3v) is 4.34. The minimum absolute atomic E-state index is 0.274. The Bertz CT molecular complexity index is 1030. The number of anilines is 1. The van der Waals surface area contributed by atoms with Crippen LogP contribution in [0.15, 0.2) is 29.8 Å². The van der Waals surface area contributed by atoms with Crippen molar-refractivity contribution in [2.45, 2.75) is 34.2 Å². The van der Waals surface area contributed by atoms with E-state index in [2.05, 4.69) is 23.7 Å². The molecular weight excluding hydrogens is 392 g/mol. The molecule has 0 fully saturated rings. The lowest BCUT2D eigenvalue weighted by molar-refractivity contribution is -0.142. The maximum absolute atomic E-state index is 13.6. The molecule has 2 aromatic rings. The molecule has 0 saturated heterocycles. The third kappa shape index (κ3) is 5.77. The number of ether oxygens (including phenoxy) is 1. The van der Waals surface area contributed by atoms with Crippen molar-refractivity contribution in [2.24, 2.45) is 5.92 Å². The number of halogens is 2. The second-order valence-corrected chi connectivity index (χ2v) is 7.25. The van der Waals surface area contributed by atoms with E-state index in [0.717, 1.165) is 36.1 Å². The van der Waals surface area contributed by atoms with Gasteiger partial charge in [0.05, 0.1) is 5.69 Å². The van der Waals surface area contributed by atoms with E-state index in [1.54, 1.807) is 6.07 Å². The third-order valence-electron chi connectivity index (χ3n) is 4.34. The van der Waals surface area contributed by atoms with Crippen LogP contribution in [0.1, 0.15) is 30.8 Å². The summed E-state index contributed by atoms with van der Waals surface area (Å²) >= 11 is 0. The standard InChI is InChI=1S/C22H23F2N3O3/c1-13(2)11-27-14(3)7-16(15(27)4)8-17(10-25)22(29)30-12-21(28)26-20-9-18(23)5-6-19(20)24/h5-9,13H,11-12H2,1-4H3,(H,26,28). The molecule has 1 aromatic heterocycles. The van der Waals surface area contributed by atoms with Crippen LogP contribution in [0.5, 0.6) is 0 Å². The molecule has 8 heteroatoms. The number of aromatic nitrogens is 1. The first-order chi connectivity index (χ1) is 14.1. The smallest absolute Gasteiger partial charge is 0.349 e. The minimum atomic E-state index is -0.985. The fraction of sp³-hybridized carbons (Fsp3) is 0.318. The number of hydrogen-bond donors (Lipinski definition) is 1. The number of nitrogens with one attached hydrogen (secondary N) is 1. The Morgan fingerprint density at radius 1 is 1.27 bits per heavy atom. The van der Waals surface area contributed by atoms with Crippen molar-refractivity contribution in [1.29, 1.82) is 5.26 Å². The second kappa shape index (κ2) is 9.83. The van der Waals surface area contributed by atoms with Crippen LogP contribution >= 0.6 is 0 Å². The molecule has 0 aliphatic heterocycles. The fourth-order valence-corrected chi connectivity index (χ4v) is 2.90. The molecule has 1 aromatic carbocycles. The predicted octanol–water partition coefficient (Wildman–Crippen LogP) is 4.13. The summed E-state index contributed by atoms with van der Waals surface area (Å²) in [4.78, 5) is 24.1. The highest BCUT2D eigenvalue weighted by atomic mass is 19.1. The number of rotatable bonds is 7. The first kappa shape index (κ1) is 22.8. The molecule has 0 spiro atoms. The van der Waals surface area contributed by atoms with Crippen molar-refractivity contribution in [2.75, 3.05) is 11.9 Å². The molecule has 30 heavy (non-hydrogen) atoms. The van der Waals surface area contributed by atoms with Gasteiger partial charge >= 0.3 is 5.97 Å². The molecule has 0 atom stereocenters. The Balaban J connectivity index is 2.07.